The van der Waals surface area contributed by atoms with Crippen molar-refractivity contribution in [3.8, 4) is 0 Å². The van der Waals surface area contributed by atoms with E-state index in [1.54, 1.807) is 18.3 Å². The molecule has 0 spiro atoms. The van der Waals surface area contributed by atoms with Crippen LogP contribution in [0.5, 0.6) is 0 Å². The zero-order chi connectivity index (χ0) is 16.3. The quantitative estimate of drug-likeness (QED) is 0.517. The summed E-state index contributed by atoms with van der Waals surface area (Å²) in [6, 6.07) is 5.83. The zero-order valence-corrected chi connectivity index (χ0v) is 12.5. The van der Waals surface area contributed by atoms with E-state index in [-0.39, 0.29) is 17.5 Å². The minimum absolute atomic E-state index is 0.146. The van der Waals surface area contributed by atoms with Crippen LogP contribution in [0, 0.1) is 17.0 Å². The largest absolute Gasteiger partial charge is 0.370 e. The average molecular weight is 300 g/mol. The van der Waals surface area contributed by atoms with Gasteiger partial charge in [0.05, 0.1) is 11.0 Å². The van der Waals surface area contributed by atoms with Crippen molar-refractivity contribution in [2.24, 2.45) is 0 Å². The summed E-state index contributed by atoms with van der Waals surface area (Å²) in [7, 11) is 0. The first kappa shape index (κ1) is 15.6. The van der Waals surface area contributed by atoms with E-state index < -0.39 is 4.92 Å². The smallest absolute Gasteiger partial charge is 0.293 e. The predicted octanol–water partition coefficient (Wildman–Crippen LogP) is 3.07. The van der Waals surface area contributed by atoms with E-state index in [9.17, 15) is 14.9 Å². The number of carbonyl (C=O) groups is 1. The third-order valence-electron chi connectivity index (χ3n) is 3.17. The molecule has 1 N–H and O–H groups in total. The number of ketones is 1. The van der Waals surface area contributed by atoms with Gasteiger partial charge in [0.1, 0.15) is 11.5 Å². The van der Waals surface area contributed by atoms with Crippen molar-refractivity contribution in [3.05, 3.63) is 57.7 Å². The van der Waals surface area contributed by atoms with Crippen LogP contribution in [0.3, 0.4) is 0 Å². The van der Waals surface area contributed by atoms with Crippen molar-refractivity contribution in [1.82, 2.24) is 9.97 Å². The Balaban J connectivity index is 2.32. The Bertz CT molecular complexity index is 730. The lowest BCUT2D eigenvalue weighted by atomic mass is 10.1. The topological polar surface area (TPSA) is 98.0 Å². The number of Topliss-reactive ketones (excluding diaryl/α,β-unsaturated/α-hetero) is 1. The van der Waals surface area contributed by atoms with Crippen LogP contribution in [0.25, 0.3) is 0 Å². The summed E-state index contributed by atoms with van der Waals surface area (Å²) in [4.78, 5) is 30.5. The highest BCUT2D eigenvalue weighted by Gasteiger charge is 2.19. The van der Waals surface area contributed by atoms with Gasteiger partial charge in [-0.25, -0.2) is 9.97 Å². The summed E-state index contributed by atoms with van der Waals surface area (Å²) in [6.45, 7) is 5.04. The Hall–Kier alpha value is -2.83. The van der Waals surface area contributed by atoms with Gasteiger partial charge in [0.2, 0.25) is 0 Å². The lowest BCUT2D eigenvalue weighted by molar-refractivity contribution is -0.384. The van der Waals surface area contributed by atoms with Gasteiger partial charge in [0, 0.05) is 23.5 Å². The summed E-state index contributed by atoms with van der Waals surface area (Å²) in [5.41, 5.74) is 1.30. The maximum absolute atomic E-state index is 11.3. The molecular weight excluding hydrogens is 284 g/mol. The molecule has 1 atom stereocenters. The normalized spacial score (nSPS) is 11.8. The van der Waals surface area contributed by atoms with Gasteiger partial charge in [-0.15, -0.1) is 0 Å². The molecule has 0 aliphatic rings. The highest BCUT2D eigenvalue weighted by atomic mass is 16.6. The molecule has 0 radical (unpaired) electrons. The summed E-state index contributed by atoms with van der Waals surface area (Å²) < 4.78 is 0. The Labute approximate surface area is 127 Å². The van der Waals surface area contributed by atoms with Crippen LogP contribution in [0.2, 0.25) is 0 Å². The molecule has 0 bridgehead atoms. The number of nitrogens with one attached hydrogen (secondary N) is 1. The Kier molecular flexibility index (Phi) is 4.45. The van der Waals surface area contributed by atoms with Gasteiger partial charge in [-0.1, -0.05) is 0 Å². The second kappa shape index (κ2) is 6.30. The van der Waals surface area contributed by atoms with Crippen LogP contribution >= 0.6 is 0 Å². The number of rotatable bonds is 5. The number of aryl methyl sites for hydroxylation is 1. The lowest BCUT2D eigenvalue weighted by Crippen LogP contribution is -2.12. The third-order valence-corrected chi connectivity index (χ3v) is 3.17. The first-order valence-corrected chi connectivity index (χ1v) is 6.74. The lowest BCUT2D eigenvalue weighted by Gasteiger charge is -2.14. The molecule has 0 saturated heterocycles. The van der Waals surface area contributed by atoms with E-state index in [2.05, 4.69) is 15.3 Å². The van der Waals surface area contributed by atoms with Crippen molar-refractivity contribution in [2.75, 3.05) is 5.32 Å². The molecule has 0 unspecified atom stereocenters. The zero-order valence-electron chi connectivity index (χ0n) is 12.5. The highest BCUT2D eigenvalue weighted by molar-refractivity contribution is 5.95. The third kappa shape index (κ3) is 3.43. The van der Waals surface area contributed by atoms with Crippen LogP contribution in [0.4, 0.5) is 11.4 Å². The number of nitro groups is 1. The predicted molar refractivity (Wildman–Crippen MR) is 81.9 cm³/mol. The van der Waals surface area contributed by atoms with Crippen LogP contribution in [-0.2, 0) is 0 Å². The first-order chi connectivity index (χ1) is 10.4. The summed E-state index contributed by atoms with van der Waals surface area (Å²) in [5.74, 6) is 0.328. The molecule has 0 aliphatic heterocycles. The highest BCUT2D eigenvalue weighted by Crippen LogP contribution is 2.28. The minimum Gasteiger partial charge on any atom is -0.370 e. The molecule has 0 saturated carbocycles. The number of carbonyl (C=O) groups excluding carboxylic acids is 1. The summed E-state index contributed by atoms with van der Waals surface area (Å²) >= 11 is 0. The maximum Gasteiger partial charge on any atom is 0.293 e. The van der Waals surface area contributed by atoms with Gasteiger partial charge in [-0.3, -0.25) is 14.9 Å². The second-order valence-electron chi connectivity index (χ2n) is 4.97. The van der Waals surface area contributed by atoms with Gasteiger partial charge < -0.3 is 5.32 Å². The first-order valence-electron chi connectivity index (χ1n) is 6.74. The molecule has 1 heterocycles. The van der Waals surface area contributed by atoms with Crippen LogP contribution in [-0.4, -0.2) is 20.7 Å². The van der Waals surface area contributed by atoms with Crippen LogP contribution < -0.4 is 5.32 Å². The van der Waals surface area contributed by atoms with E-state index in [1.807, 2.05) is 13.8 Å². The minimum atomic E-state index is -0.515. The van der Waals surface area contributed by atoms with Crippen molar-refractivity contribution >= 4 is 17.2 Å². The molecule has 22 heavy (non-hydrogen) atoms. The molecule has 1 aromatic heterocycles. The average Bonchev–Trinajstić information content (AvgIpc) is 2.47. The molecule has 2 rings (SSSR count). The number of hydrogen-bond acceptors (Lipinski definition) is 6. The Morgan fingerprint density at radius 1 is 1.36 bits per heavy atom. The van der Waals surface area contributed by atoms with E-state index in [1.165, 1.54) is 19.1 Å². The standard InChI is InChI=1S/C15H16N4O3/c1-9-6-7-16-15(17-9)10(2)18-13-5-4-12(11(3)20)8-14(13)19(21)22/h4-8,10,18H,1-3H3/t10-/m1/s1. The number of benzene rings is 1. The fraction of sp³-hybridized carbons (Fsp3) is 0.267. The summed E-state index contributed by atoms with van der Waals surface area (Å²) in [5, 5.41) is 14.2. The second-order valence-corrected chi connectivity index (χ2v) is 4.97. The van der Waals surface area contributed by atoms with E-state index in [4.69, 9.17) is 0 Å². The number of anilines is 1. The molecule has 0 amide bonds. The van der Waals surface area contributed by atoms with Gasteiger partial charge in [0.15, 0.2) is 5.78 Å². The molecule has 114 valence electrons. The Morgan fingerprint density at radius 3 is 2.68 bits per heavy atom. The van der Waals surface area contributed by atoms with Crippen molar-refractivity contribution in [2.45, 2.75) is 26.8 Å². The SMILES string of the molecule is CC(=O)c1ccc(N[C@H](C)c2nccc(C)n2)c([N+](=O)[O-])c1. The van der Waals surface area contributed by atoms with Crippen molar-refractivity contribution in [3.63, 3.8) is 0 Å². The molecular formula is C15H16N4O3. The molecule has 7 heteroatoms. The number of hydrogen-bond donors (Lipinski definition) is 1. The molecule has 7 nitrogen and oxygen atoms in total. The van der Waals surface area contributed by atoms with Gasteiger partial charge in [0.25, 0.3) is 5.69 Å². The number of aromatic nitrogens is 2. The van der Waals surface area contributed by atoms with E-state index in [0.29, 0.717) is 17.1 Å². The monoisotopic (exact) mass is 300 g/mol. The van der Waals surface area contributed by atoms with E-state index >= 15 is 0 Å². The number of nitrogens with zero attached hydrogens (tertiary/aromatic N) is 3. The van der Waals surface area contributed by atoms with Crippen molar-refractivity contribution in [1.29, 1.82) is 0 Å². The van der Waals surface area contributed by atoms with E-state index in [0.717, 1.165) is 5.69 Å². The fourth-order valence-corrected chi connectivity index (χ4v) is 2.00. The van der Waals surface area contributed by atoms with Gasteiger partial charge >= 0.3 is 0 Å². The van der Waals surface area contributed by atoms with Gasteiger partial charge in [-0.05, 0) is 39.0 Å². The summed E-state index contributed by atoms with van der Waals surface area (Å²) in [6.07, 6.45) is 1.64. The van der Waals surface area contributed by atoms with Crippen LogP contribution in [0.1, 0.15) is 41.8 Å². The Morgan fingerprint density at radius 2 is 2.09 bits per heavy atom. The fourth-order valence-electron chi connectivity index (χ4n) is 2.00. The molecule has 0 fully saturated rings. The maximum atomic E-state index is 11.3. The molecule has 0 aliphatic carbocycles. The number of nitro benzene ring substituents is 1. The molecule has 2 aromatic rings. The molecule has 1 aromatic carbocycles. The van der Waals surface area contributed by atoms with Gasteiger partial charge in [-0.2, -0.15) is 0 Å². The van der Waals surface area contributed by atoms with Crippen LogP contribution in [0.15, 0.2) is 30.5 Å². The van der Waals surface area contributed by atoms with Crippen molar-refractivity contribution < 1.29 is 9.72 Å².